The van der Waals surface area contributed by atoms with Crippen molar-refractivity contribution in [1.29, 1.82) is 0 Å². The standard InChI is InChI=1S/C45H76O20/c1-18(17-59-40-37(56)34(53)31(50)27(14-46)61-40)7-10-45(58)19(2)30-26(65-45)12-23-21-6-5-20-11-25(24(49)13-44(20,4)22(21)8-9-43(23,30)3)60-42-39(36(55)33(52)29(16-48)63-42)64-41-38(57)35(54)32(51)28(15-47)62-41/h18-42,46-58H,5-17H2,1-4H3/t18-,19?,20-,21-,22+,23+,24+,25-,26?,27-,28-,29-,30?,31-,32+,33-,34+,35+,36+,37-,38-,39-,40-,41+,42-,43+,44+,45?/m1/s1. The fourth-order valence-electron chi connectivity index (χ4n) is 14.2. The summed E-state index contributed by atoms with van der Waals surface area (Å²) < 4.78 is 41.7. The zero-order valence-electron chi connectivity index (χ0n) is 37.8. The lowest BCUT2D eigenvalue weighted by atomic mass is 9.44. The molecule has 13 N–H and O–H groups in total. The van der Waals surface area contributed by atoms with Gasteiger partial charge in [0.05, 0.1) is 44.7 Å². The maximum absolute atomic E-state index is 12.1. The Morgan fingerprint density at radius 2 is 1.23 bits per heavy atom. The average molecular weight is 937 g/mol. The third kappa shape index (κ3) is 8.89. The molecule has 65 heavy (non-hydrogen) atoms. The van der Waals surface area contributed by atoms with Gasteiger partial charge in [-0.1, -0.05) is 27.7 Å². The Bertz CT molecular complexity index is 1600. The second kappa shape index (κ2) is 19.4. The molecule has 4 saturated carbocycles. The van der Waals surface area contributed by atoms with E-state index < -0.39 is 130 Å². The molecule has 28 atom stereocenters. The number of hydrogen-bond acceptors (Lipinski definition) is 20. The monoisotopic (exact) mass is 936 g/mol. The van der Waals surface area contributed by atoms with Crippen LogP contribution in [0.25, 0.3) is 0 Å². The Morgan fingerprint density at radius 1 is 0.646 bits per heavy atom. The minimum atomic E-state index is -1.81. The zero-order valence-corrected chi connectivity index (χ0v) is 37.8. The molecule has 4 unspecified atom stereocenters. The number of ether oxygens (including phenoxy) is 7. The summed E-state index contributed by atoms with van der Waals surface area (Å²) in [7, 11) is 0. The molecule has 4 heterocycles. The maximum atomic E-state index is 12.1. The van der Waals surface area contributed by atoms with Crippen molar-refractivity contribution in [2.75, 3.05) is 26.4 Å². The van der Waals surface area contributed by atoms with Crippen LogP contribution in [0.15, 0.2) is 0 Å². The first kappa shape index (κ1) is 50.6. The van der Waals surface area contributed by atoms with Gasteiger partial charge in [0.1, 0.15) is 73.2 Å². The summed E-state index contributed by atoms with van der Waals surface area (Å²) in [6.45, 7) is 6.91. The van der Waals surface area contributed by atoms with E-state index >= 15 is 0 Å². The molecule has 20 nitrogen and oxygen atoms in total. The first-order valence-corrected chi connectivity index (χ1v) is 23.9. The molecule has 0 aromatic carbocycles. The van der Waals surface area contributed by atoms with E-state index in [-0.39, 0.29) is 47.2 Å². The van der Waals surface area contributed by atoms with E-state index in [1.54, 1.807) is 0 Å². The summed E-state index contributed by atoms with van der Waals surface area (Å²) in [5.41, 5.74) is -0.302. The molecule has 4 aliphatic carbocycles. The fraction of sp³-hybridized carbons (Fsp3) is 1.00. The van der Waals surface area contributed by atoms with Crippen molar-refractivity contribution in [2.24, 2.45) is 52.3 Å². The third-order valence-electron chi connectivity index (χ3n) is 18.0. The van der Waals surface area contributed by atoms with E-state index in [2.05, 4.69) is 20.8 Å². The normalized spacial score (nSPS) is 56.1. The van der Waals surface area contributed by atoms with E-state index in [0.717, 1.165) is 32.1 Å². The topological polar surface area (TPSA) is 328 Å². The van der Waals surface area contributed by atoms with Gasteiger partial charge in [-0.25, -0.2) is 0 Å². The Labute approximate surface area is 379 Å². The molecule has 8 fully saturated rings. The maximum Gasteiger partial charge on any atom is 0.187 e. The minimum Gasteiger partial charge on any atom is -0.394 e. The molecule has 0 radical (unpaired) electrons. The molecule has 0 spiro atoms. The van der Waals surface area contributed by atoms with Crippen LogP contribution in [0.5, 0.6) is 0 Å². The number of aliphatic hydroxyl groups excluding tert-OH is 12. The summed E-state index contributed by atoms with van der Waals surface area (Å²) in [6, 6.07) is 0. The number of hydrogen-bond donors (Lipinski definition) is 13. The quantitative estimate of drug-likeness (QED) is 0.0829. The van der Waals surface area contributed by atoms with Crippen molar-refractivity contribution >= 4 is 0 Å². The van der Waals surface area contributed by atoms with Crippen molar-refractivity contribution in [3.05, 3.63) is 0 Å². The van der Waals surface area contributed by atoms with Crippen LogP contribution in [0, 0.1) is 52.3 Å². The Morgan fingerprint density at radius 3 is 1.86 bits per heavy atom. The molecule has 0 aromatic heterocycles. The van der Waals surface area contributed by atoms with Crippen molar-refractivity contribution in [3.63, 3.8) is 0 Å². The molecular formula is C45H76O20. The predicted octanol–water partition coefficient (Wildman–Crippen LogP) is -2.81. The molecule has 376 valence electrons. The summed E-state index contributed by atoms with van der Waals surface area (Å²) in [6.07, 6.45) is -18.0. The van der Waals surface area contributed by atoms with Crippen LogP contribution in [-0.4, -0.2) is 209 Å². The van der Waals surface area contributed by atoms with Gasteiger partial charge in [0, 0.05) is 12.3 Å². The summed E-state index contributed by atoms with van der Waals surface area (Å²) in [5, 5.41) is 137. The van der Waals surface area contributed by atoms with Crippen LogP contribution in [0.3, 0.4) is 0 Å². The van der Waals surface area contributed by atoms with Gasteiger partial charge in [0.25, 0.3) is 0 Å². The highest BCUT2D eigenvalue weighted by Crippen LogP contribution is 2.71. The van der Waals surface area contributed by atoms with Crippen LogP contribution in [0.1, 0.15) is 85.5 Å². The van der Waals surface area contributed by atoms with E-state index in [1.165, 1.54) is 0 Å². The molecule has 4 saturated heterocycles. The Hall–Kier alpha value is -0.800. The van der Waals surface area contributed by atoms with Gasteiger partial charge in [-0.2, -0.15) is 0 Å². The number of aliphatic hydroxyl groups is 13. The summed E-state index contributed by atoms with van der Waals surface area (Å²) in [4.78, 5) is 0. The van der Waals surface area contributed by atoms with Crippen LogP contribution < -0.4 is 0 Å². The summed E-state index contributed by atoms with van der Waals surface area (Å²) >= 11 is 0. The second-order valence-corrected chi connectivity index (χ2v) is 21.6. The molecule has 8 rings (SSSR count). The number of fused-ring (bicyclic) bond motifs is 7. The van der Waals surface area contributed by atoms with Crippen LogP contribution in [-0.2, 0) is 33.2 Å². The lowest BCUT2D eigenvalue weighted by Gasteiger charge is -2.62. The lowest BCUT2D eigenvalue weighted by Crippen LogP contribution is -2.65. The number of rotatable bonds is 13. The largest absolute Gasteiger partial charge is 0.394 e. The Balaban J connectivity index is 0.885. The highest BCUT2D eigenvalue weighted by molar-refractivity contribution is 5.15. The van der Waals surface area contributed by atoms with Gasteiger partial charge in [-0.15, -0.1) is 0 Å². The molecule has 4 aliphatic heterocycles. The second-order valence-electron chi connectivity index (χ2n) is 21.6. The molecule has 8 aliphatic rings. The first-order chi connectivity index (χ1) is 30.7. The summed E-state index contributed by atoms with van der Waals surface area (Å²) in [5.74, 6) is -0.194. The van der Waals surface area contributed by atoms with E-state index in [1.807, 2.05) is 6.92 Å². The smallest absolute Gasteiger partial charge is 0.187 e. The molecule has 0 amide bonds. The highest BCUT2D eigenvalue weighted by Gasteiger charge is 2.69. The minimum absolute atomic E-state index is 0.0708. The van der Waals surface area contributed by atoms with Gasteiger partial charge < -0.3 is 99.5 Å². The van der Waals surface area contributed by atoms with Crippen LogP contribution in [0.2, 0.25) is 0 Å². The molecule has 0 aromatic rings. The van der Waals surface area contributed by atoms with Crippen LogP contribution in [0.4, 0.5) is 0 Å². The SMILES string of the molecule is CC1C2C(C[C@H]3[C@@H]4CC[C@@H]5C[C@@H](O[C@@H]6O[C@H](CO)[C@@H](O)[C@H](O)[C@H]6O[C@@H]6O[C@H](CO)[C@H](O)[C@H](O)[C@H]6O)[C@@H](O)C[C@]5(C)[C@H]4CC[C@]23C)OC1(O)CC[C@@H](C)CO[C@@H]1O[C@H](CO)[C@@H](O)[C@H](O)[C@H]1O. The molecule has 20 heteroatoms. The van der Waals surface area contributed by atoms with Crippen molar-refractivity contribution in [2.45, 2.75) is 202 Å². The van der Waals surface area contributed by atoms with Crippen molar-refractivity contribution in [3.8, 4) is 0 Å². The Kier molecular flexibility index (Phi) is 15.1. The molecular weight excluding hydrogens is 860 g/mol. The van der Waals surface area contributed by atoms with Gasteiger partial charge in [0.2, 0.25) is 0 Å². The highest BCUT2D eigenvalue weighted by atomic mass is 16.8. The average Bonchev–Trinajstić information content (AvgIpc) is 3.72. The first-order valence-electron chi connectivity index (χ1n) is 23.9. The van der Waals surface area contributed by atoms with Crippen molar-refractivity contribution < 1.29 is 99.5 Å². The van der Waals surface area contributed by atoms with Crippen molar-refractivity contribution in [1.82, 2.24) is 0 Å². The zero-order chi connectivity index (χ0) is 47.1. The van der Waals surface area contributed by atoms with Gasteiger partial charge >= 0.3 is 0 Å². The van der Waals surface area contributed by atoms with E-state index in [0.29, 0.717) is 43.4 Å². The van der Waals surface area contributed by atoms with Gasteiger partial charge in [-0.05, 0) is 97.7 Å². The van der Waals surface area contributed by atoms with Gasteiger partial charge in [-0.3, -0.25) is 0 Å². The fourth-order valence-corrected chi connectivity index (χ4v) is 14.2. The van der Waals surface area contributed by atoms with E-state index in [4.69, 9.17) is 33.2 Å². The van der Waals surface area contributed by atoms with Gasteiger partial charge in [0.15, 0.2) is 24.7 Å². The third-order valence-corrected chi connectivity index (χ3v) is 18.0. The lowest BCUT2D eigenvalue weighted by molar-refractivity contribution is -0.376. The predicted molar refractivity (Wildman–Crippen MR) is 220 cm³/mol. The van der Waals surface area contributed by atoms with E-state index in [9.17, 15) is 66.4 Å². The molecule has 0 bridgehead atoms. The van der Waals surface area contributed by atoms with Crippen LogP contribution >= 0.6 is 0 Å².